The zero-order valence-corrected chi connectivity index (χ0v) is 21.7. The van der Waals surface area contributed by atoms with Gasteiger partial charge >= 0.3 is 6.83 Å². The summed E-state index contributed by atoms with van der Waals surface area (Å²) in [4.78, 5) is 6.57. The van der Waals surface area contributed by atoms with Crippen molar-refractivity contribution in [3.05, 3.63) is 84.1 Å². The summed E-state index contributed by atoms with van der Waals surface area (Å²) >= 11 is 0. The first kappa shape index (κ1) is 21.6. The molecule has 4 aromatic rings. The van der Waals surface area contributed by atoms with Crippen LogP contribution in [0, 0.1) is 0 Å². The standard InChI is InChI=1S/C30H30BFN4/c1-29(2,3)19-13-14-25-21(16-19)22-17-20(30(4,5)6)18-23-24-10-9-12-27-33-26-11-7-8-15-34(26)31(32,35(24)27)36(25)28(22)23/h7-18H,1-6H3. The Morgan fingerprint density at radius 1 is 0.861 bits per heavy atom. The van der Waals surface area contributed by atoms with Crippen LogP contribution >= 0.6 is 0 Å². The second-order valence-corrected chi connectivity index (χ2v) is 12.4. The van der Waals surface area contributed by atoms with Crippen molar-refractivity contribution in [1.29, 1.82) is 0 Å². The number of allylic oxidation sites excluding steroid dienone is 2. The van der Waals surface area contributed by atoms with Gasteiger partial charge in [-0.1, -0.05) is 59.8 Å². The Bertz CT molecular complexity index is 1730. The fraction of sp³-hybridized carbons (Fsp3) is 0.267. The molecule has 6 heteroatoms. The van der Waals surface area contributed by atoms with Gasteiger partial charge in [0.15, 0.2) is 0 Å². The molecule has 0 N–H and O–H groups in total. The van der Waals surface area contributed by atoms with Gasteiger partial charge in [0.25, 0.3) is 5.82 Å². The number of benzene rings is 2. The minimum atomic E-state index is -2.92. The van der Waals surface area contributed by atoms with Crippen molar-refractivity contribution in [1.82, 2.24) is 9.29 Å². The number of hydrogen-bond acceptors (Lipinski definition) is 2. The van der Waals surface area contributed by atoms with Gasteiger partial charge in [0.2, 0.25) is 5.84 Å². The molecule has 3 aliphatic rings. The lowest BCUT2D eigenvalue weighted by atomic mass is 9.74. The zero-order valence-electron chi connectivity index (χ0n) is 21.7. The van der Waals surface area contributed by atoms with Crippen LogP contribution in [-0.4, -0.2) is 22.0 Å². The van der Waals surface area contributed by atoms with Gasteiger partial charge in [0.1, 0.15) is 0 Å². The second-order valence-electron chi connectivity index (χ2n) is 12.4. The molecule has 7 rings (SSSR count). The topological polar surface area (TPSA) is 24.4 Å². The van der Waals surface area contributed by atoms with Gasteiger partial charge in [-0.2, -0.15) is 0 Å². The van der Waals surface area contributed by atoms with Crippen molar-refractivity contribution < 1.29 is 8.79 Å². The van der Waals surface area contributed by atoms with E-state index in [0.717, 1.165) is 33.1 Å². The highest BCUT2D eigenvalue weighted by atomic mass is 19.1. The Balaban J connectivity index is 1.72. The van der Waals surface area contributed by atoms with Crippen LogP contribution in [0.15, 0.2) is 78.0 Å². The number of aliphatic imine (C=N–C) groups is 1. The largest absolute Gasteiger partial charge is 0.573 e. The van der Waals surface area contributed by atoms with Crippen molar-refractivity contribution in [2.75, 3.05) is 0 Å². The van der Waals surface area contributed by atoms with Crippen LogP contribution in [0.3, 0.4) is 0 Å². The Morgan fingerprint density at radius 2 is 1.61 bits per heavy atom. The smallest absolute Gasteiger partial charge is 0.425 e. The summed E-state index contributed by atoms with van der Waals surface area (Å²) in [6.07, 6.45) is 7.51. The van der Waals surface area contributed by atoms with Crippen molar-refractivity contribution in [2.24, 2.45) is 4.99 Å². The van der Waals surface area contributed by atoms with Crippen LogP contribution in [0.4, 0.5) is 10.1 Å². The fourth-order valence-electron chi connectivity index (χ4n) is 6.08. The lowest BCUT2D eigenvalue weighted by molar-refractivity contribution is -0.542. The number of fused-ring (bicyclic) bond motifs is 7. The molecule has 1 unspecified atom stereocenters. The van der Waals surface area contributed by atoms with Crippen molar-refractivity contribution in [2.45, 2.75) is 52.4 Å². The fourth-order valence-corrected chi connectivity index (χ4v) is 6.08. The maximum absolute atomic E-state index is 18.2. The van der Waals surface area contributed by atoms with Gasteiger partial charge < -0.3 is 18.1 Å². The molecule has 0 bridgehead atoms. The van der Waals surface area contributed by atoms with E-state index >= 15 is 4.32 Å². The maximum atomic E-state index is 18.2. The third-order valence-corrected chi connectivity index (χ3v) is 8.02. The van der Waals surface area contributed by atoms with Gasteiger partial charge in [-0.25, -0.2) is 0 Å². The van der Waals surface area contributed by atoms with E-state index in [0.29, 0.717) is 11.7 Å². The Hall–Kier alpha value is -3.67. The molecule has 2 aromatic heterocycles. The molecule has 180 valence electrons. The monoisotopic (exact) mass is 476 g/mol. The number of pyridine rings is 1. The number of halogens is 1. The SMILES string of the molecule is CC(C)(C)c1ccc2c(c1)c1cc(C(C)(C)C)cc3c1n2[B-]1(F)N2C=CC=CC2=Nc2cccc-3[n+]21. The van der Waals surface area contributed by atoms with Crippen molar-refractivity contribution >= 4 is 40.3 Å². The van der Waals surface area contributed by atoms with E-state index in [1.165, 1.54) is 11.1 Å². The quantitative estimate of drug-likeness (QED) is 0.254. The maximum Gasteiger partial charge on any atom is 0.573 e. The van der Waals surface area contributed by atoms with Crippen molar-refractivity contribution in [3.8, 4) is 11.3 Å². The molecule has 2 aromatic carbocycles. The summed E-state index contributed by atoms with van der Waals surface area (Å²) in [6, 6.07) is 17.0. The van der Waals surface area contributed by atoms with Gasteiger partial charge in [0, 0.05) is 39.5 Å². The van der Waals surface area contributed by atoms with E-state index in [1.807, 2.05) is 51.6 Å². The molecule has 0 aliphatic carbocycles. The second kappa shape index (κ2) is 6.55. The Morgan fingerprint density at radius 3 is 2.36 bits per heavy atom. The summed E-state index contributed by atoms with van der Waals surface area (Å²) in [5.74, 6) is 1.25. The third kappa shape index (κ3) is 2.59. The first-order valence-corrected chi connectivity index (χ1v) is 12.7. The van der Waals surface area contributed by atoms with Gasteiger partial charge in [-0.05, 0) is 69.6 Å². The Kier molecular flexibility index (Phi) is 3.93. The molecule has 4 nitrogen and oxygen atoms in total. The molecule has 0 spiro atoms. The van der Waals surface area contributed by atoms with E-state index in [4.69, 9.17) is 4.99 Å². The molecule has 0 saturated heterocycles. The van der Waals surface area contributed by atoms with E-state index in [-0.39, 0.29) is 10.8 Å². The molecule has 0 amide bonds. The van der Waals surface area contributed by atoms with E-state index in [2.05, 4.69) is 71.9 Å². The van der Waals surface area contributed by atoms with Crippen LogP contribution in [0.25, 0.3) is 33.1 Å². The molecule has 5 heterocycles. The normalized spacial score (nSPS) is 20.1. The minimum Gasteiger partial charge on any atom is -0.425 e. The first-order valence-electron chi connectivity index (χ1n) is 12.7. The van der Waals surface area contributed by atoms with E-state index in [9.17, 15) is 0 Å². The number of aromatic nitrogens is 2. The molecule has 0 saturated carbocycles. The number of nitrogens with zero attached hydrogens (tertiary/aromatic N) is 4. The molecular weight excluding hydrogens is 446 g/mol. The highest BCUT2D eigenvalue weighted by Gasteiger charge is 2.54. The van der Waals surface area contributed by atoms with Crippen LogP contribution in [-0.2, 0) is 10.8 Å². The molecule has 1 atom stereocenters. The van der Waals surface area contributed by atoms with E-state index < -0.39 is 6.83 Å². The summed E-state index contributed by atoms with van der Waals surface area (Å²) < 4.78 is 21.9. The zero-order chi connectivity index (χ0) is 25.2. The lowest BCUT2D eigenvalue weighted by Crippen LogP contribution is -2.79. The molecular formula is C30H30BFN4. The van der Waals surface area contributed by atoms with Crippen LogP contribution in [0.2, 0.25) is 0 Å². The summed E-state index contributed by atoms with van der Waals surface area (Å²) in [7, 11) is 0. The average molecular weight is 476 g/mol. The molecule has 3 aliphatic heterocycles. The number of rotatable bonds is 0. The van der Waals surface area contributed by atoms with Gasteiger partial charge in [0.05, 0.1) is 5.69 Å². The molecule has 0 fully saturated rings. The van der Waals surface area contributed by atoms with E-state index in [1.54, 1.807) is 4.81 Å². The van der Waals surface area contributed by atoms with Crippen molar-refractivity contribution in [3.63, 3.8) is 0 Å². The third-order valence-electron chi connectivity index (χ3n) is 8.02. The predicted octanol–water partition coefficient (Wildman–Crippen LogP) is 6.89. The Labute approximate surface area is 211 Å². The summed E-state index contributed by atoms with van der Waals surface area (Å²) in [5, 5.41) is 2.20. The molecule has 0 radical (unpaired) electrons. The van der Waals surface area contributed by atoms with Crippen LogP contribution in [0.5, 0.6) is 0 Å². The predicted molar refractivity (Wildman–Crippen MR) is 147 cm³/mol. The highest BCUT2D eigenvalue weighted by Crippen LogP contribution is 2.45. The molecule has 36 heavy (non-hydrogen) atoms. The first-order chi connectivity index (χ1) is 17.0. The van der Waals surface area contributed by atoms with Crippen LogP contribution in [0.1, 0.15) is 52.7 Å². The summed E-state index contributed by atoms with van der Waals surface area (Å²) in [6.45, 7) is 10.5. The summed E-state index contributed by atoms with van der Waals surface area (Å²) in [5.41, 5.74) is 6.19. The van der Waals surface area contributed by atoms with Crippen LogP contribution < -0.4 is 4.48 Å². The van der Waals surface area contributed by atoms with Gasteiger partial charge in [-0.15, -0.1) is 0 Å². The average Bonchev–Trinajstić information content (AvgIpc) is 3.16. The minimum absolute atomic E-state index is 0.0121. The number of amidine groups is 1. The lowest BCUT2D eigenvalue weighted by Gasteiger charge is -2.47. The number of hydrogen-bond donors (Lipinski definition) is 0. The highest BCUT2D eigenvalue weighted by molar-refractivity contribution is 6.67. The van der Waals surface area contributed by atoms with Gasteiger partial charge in [-0.3, -0.25) is 0 Å².